The molecule has 1 aromatic rings. The standard InChI is InChI=1S/C17H27FO3S/c1-2-3-4-5-6-10-13-22(20,21)16(14-19)17(18)15-11-8-7-9-12-15/h7-9,11-12,16-17,19H,2-6,10,13-14H2,1H3/t16-,17+/m1/s1. The molecule has 1 N–H and O–H groups in total. The summed E-state index contributed by atoms with van der Waals surface area (Å²) in [7, 11) is -3.64. The fourth-order valence-electron chi connectivity index (χ4n) is 2.47. The van der Waals surface area contributed by atoms with Gasteiger partial charge in [-0.1, -0.05) is 69.4 Å². The molecule has 0 fully saturated rings. The monoisotopic (exact) mass is 330 g/mol. The number of unbranched alkanes of at least 4 members (excludes halogenated alkanes) is 5. The molecule has 1 rings (SSSR count). The molecule has 5 heteroatoms. The first-order valence-corrected chi connectivity index (χ1v) is 9.76. The van der Waals surface area contributed by atoms with Crippen LogP contribution in [0.2, 0.25) is 0 Å². The lowest BCUT2D eigenvalue weighted by molar-refractivity contribution is 0.224. The summed E-state index contributed by atoms with van der Waals surface area (Å²) in [5.74, 6) is -0.0579. The Morgan fingerprint density at radius 1 is 1.05 bits per heavy atom. The molecule has 0 bridgehead atoms. The lowest BCUT2D eigenvalue weighted by Gasteiger charge is -2.19. The summed E-state index contributed by atoms with van der Waals surface area (Å²) in [4.78, 5) is 0. The van der Waals surface area contributed by atoms with Gasteiger partial charge in [0.25, 0.3) is 0 Å². The fraction of sp³-hybridized carbons (Fsp3) is 0.647. The van der Waals surface area contributed by atoms with E-state index in [0.29, 0.717) is 12.0 Å². The van der Waals surface area contributed by atoms with Crippen LogP contribution >= 0.6 is 0 Å². The maximum absolute atomic E-state index is 14.4. The fourth-order valence-corrected chi connectivity index (χ4v) is 4.13. The van der Waals surface area contributed by atoms with Crippen molar-refractivity contribution in [1.29, 1.82) is 0 Å². The van der Waals surface area contributed by atoms with Crippen LogP contribution in [0.25, 0.3) is 0 Å². The zero-order valence-corrected chi connectivity index (χ0v) is 14.1. The number of sulfone groups is 1. The summed E-state index contributed by atoms with van der Waals surface area (Å²) < 4.78 is 39.0. The van der Waals surface area contributed by atoms with Crippen molar-refractivity contribution in [2.45, 2.75) is 56.9 Å². The first-order chi connectivity index (χ1) is 10.5. The van der Waals surface area contributed by atoms with Crippen LogP contribution in [-0.4, -0.2) is 31.1 Å². The Balaban J connectivity index is 2.56. The largest absolute Gasteiger partial charge is 0.395 e. The molecule has 0 aliphatic heterocycles. The van der Waals surface area contributed by atoms with E-state index in [0.717, 1.165) is 32.1 Å². The van der Waals surface area contributed by atoms with Crippen LogP contribution in [0.1, 0.15) is 57.2 Å². The first-order valence-electron chi connectivity index (χ1n) is 8.04. The molecule has 0 saturated heterocycles. The Bertz CT molecular complexity index is 502. The van der Waals surface area contributed by atoms with Gasteiger partial charge < -0.3 is 5.11 Å². The second-order valence-electron chi connectivity index (χ2n) is 5.67. The quantitative estimate of drug-likeness (QED) is 0.627. The van der Waals surface area contributed by atoms with Crippen molar-refractivity contribution < 1.29 is 17.9 Å². The van der Waals surface area contributed by atoms with E-state index in [1.54, 1.807) is 30.3 Å². The molecule has 2 atom stereocenters. The summed E-state index contributed by atoms with van der Waals surface area (Å²) in [5.41, 5.74) is 0.299. The van der Waals surface area contributed by atoms with Crippen LogP contribution in [0.15, 0.2) is 30.3 Å². The topological polar surface area (TPSA) is 54.4 Å². The summed E-state index contributed by atoms with van der Waals surface area (Å²) in [6.07, 6.45) is 4.10. The van der Waals surface area contributed by atoms with E-state index in [-0.39, 0.29) is 5.75 Å². The summed E-state index contributed by atoms with van der Waals surface area (Å²) in [6, 6.07) is 8.17. The van der Waals surface area contributed by atoms with Crippen molar-refractivity contribution in [1.82, 2.24) is 0 Å². The van der Waals surface area contributed by atoms with E-state index in [1.165, 1.54) is 0 Å². The smallest absolute Gasteiger partial charge is 0.158 e. The minimum atomic E-state index is -3.64. The van der Waals surface area contributed by atoms with Gasteiger partial charge in [0.2, 0.25) is 0 Å². The molecule has 3 nitrogen and oxygen atoms in total. The van der Waals surface area contributed by atoms with Crippen molar-refractivity contribution in [3.63, 3.8) is 0 Å². The molecule has 1 aromatic carbocycles. The molecule has 0 spiro atoms. The van der Waals surface area contributed by atoms with Gasteiger partial charge in [0.1, 0.15) is 11.4 Å². The second-order valence-corrected chi connectivity index (χ2v) is 8.01. The molecule has 0 radical (unpaired) electrons. The minimum absolute atomic E-state index is 0.0579. The van der Waals surface area contributed by atoms with Crippen molar-refractivity contribution in [2.24, 2.45) is 0 Å². The van der Waals surface area contributed by atoms with Crippen LogP contribution in [0.5, 0.6) is 0 Å². The molecular formula is C17H27FO3S. The van der Waals surface area contributed by atoms with E-state index < -0.39 is 27.9 Å². The highest BCUT2D eigenvalue weighted by atomic mass is 32.2. The molecule has 0 aromatic heterocycles. The number of alkyl halides is 1. The predicted octanol–water partition coefficient (Wildman–Crippen LogP) is 3.83. The molecule has 0 aliphatic rings. The van der Waals surface area contributed by atoms with Crippen LogP contribution in [0, 0.1) is 0 Å². The van der Waals surface area contributed by atoms with Crippen molar-refractivity contribution >= 4 is 9.84 Å². The van der Waals surface area contributed by atoms with E-state index >= 15 is 0 Å². The zero-order chi connectivity index (χ0) is 16.4. The minimum Gasteiger partial charge on any atom is -0.395 e. The third kappa shape index (κ3) is 6.05. The summed E-state index contributed by atoms with van der Waals surface area (Å²) >= 11 is 0. The summed E-state index contributed by atoms with van der Waals surface area (Å²) in [6.45, 7) is 1.44. The Morgan fingerprint density at radius 3 is 2.23 bits per heavy atom. The van der Waals surface area contributed by atoms with Gasteiger partial charge in [-0.2, -0.15) is 0 Å². The van der Waals surface area contributed by atoms with Gasteiger partial charge in [-0.05, 0) is 12.0 Å². The Morgan fingerprint density at radius 2 is 1.64 bits per heavy atom. The molecule has 22 heavy (non-hydrogen) atoms. The SMILES string of the molecule is CCCCCCCCS(=O)(=O)[C@H](CO)[C@@H](F)c1ccccc1. The first kappa shape index (κ1) is 19.1. The van der Waals surface area contributed by atoms with E-state index in [2.05, 4.69) is 6.92 Å². The molecule has 0 aliphatic carbocycles. The van der Waals surface area contributed by atoms with E-state index in [9.17, 15) is 17.9 Å². The Labute approximate surface area is 133 Å². The number of rotatable bonds is 11. The highest BCUT2D eigenvalue weighted by Gasteiger charge is 2.33. The molecule has 126 valence electrons. The molecule has 0 heterocycles. The van der Waals surface area contributed by atoms with Gasteiger partial charge in [-0.15, -0.1) is 0 Å². The van der Waals surface area contributed by atoms with Gasteiger partial charge in [0, 0.05) is 0 Å². The van der Waals surface area contributed by atoms with Crippen molar-refractivity contribution in [2.75, 3.05) is 12.4 Å². The normalized spacial score (nSPS) is 14.7. The second kappa shape index (κ2) is 9.95. The average molecular weight is 330 g/mol. The van der Waals surface area contributed by atoms with Crippen LogP contribution < -0.4 is 0 Å². The molecule has 0 unspecified atom stereocenters. The summed E-state index contributed by atoms with van der Waals surface area (Å²) in [5, 5.41) is 7.98. The Kier molecular flexibility index (Phi) is 8.64. The van der Waals surface area contributed by atoms with Gasteiger partial charge in [0.05, 0.1) is 12.4 Å². The molecule has 0 amide bonds. The molecular weight excluding hydrogens is 303 g/mol. The van der Waals surface area contributed by atoms with Gasteiger partial charge >= 0.3 is 0 Å². The van der Waals surface area contributed by atoms with Crippen LogP contribution in [0.4, 0.5) is 4.39 Å². The number of hydrogen-bond donors (Lipinski definition) is 1. The number of benzene rings is 1. The molecule has 0 saturated carbocycles. The van der Waals surface area contributed by atoms with Crippen molar-refractivity contribution in [3.05, 3.63) is 35.9 Å². The van der Waals surface area contributed by atoms with Gasteiger partial charge in [-0.3, -0.25) is 0 Å². The number of aliphatic hydroxyl groups excluding tert-OH is 1. The Hall–Kier alpha value is -0.940. The lowest BCUT2D eigenvalue weighted by atomic mass is 10.1. The number of hydrogen-bond acceptors (Lipinski definition) is 3. The van der Waals surface area contributed by atoms with Gasteiger partial charge in [0.15, 0.2) is 9.84 Å². The lowest BCUT2D eigenvalue weighted by Crippen LogP contribution is -2.32. The highest BCUT2D eigenvalue weighted by molar-refractivity contribution is 7.92. The number of halogens is 1. The van der Waals surface area contributed by atoms with Crippen LogP contribution in [-0.2, 0) is 9.84 Å². The van der Waals surface area contributed by atoms with Gasteiger partial charge in [-0.25, -0.2) is 12.8 Å². The van der Waals surface area contributed by atoms with Crippen molar-refractivity contribution in [3.8, 4) is 0 Å². The average Bonchev–Trinajstić information content (AvgIpc) is 2.52. The van der Waals surface area contributed by atoms with E-state index in [1.807, 2.05) is 0 Å². The zero-order valence-electron chi connectivity index (χ0n) is 13.2. The maximum Gasteiger partial charge on any atom is 0.158 e. The highest BCUT2D eigenvalue weighted by Crippen LogP contribution is 2.27. The maximum atomic E-state index is 14.4. The van der Waals surface area contributed by atoms with E-state index in [4.69, 9.17) is 0 Å². The number of aliphatic hydroxyl groups is 1. The predicted molar refractivity (Wildman–Crippen MR) is 88.3 cm³/mol. The van der Waals surface area contributed by atoms with Crippen LogP contribution in [0.3, 0.4) is 0 Å². The third-order valence-corrected chi connectivity index (χ3v) is 6.04. The third-order valence-electron chi connectivity index (χ3n) is 3.87.